The van der Waals surface area contributed by atoms with E-state index in [0.29, 0.717) is 35.2 Å². The number of hydrogen-bond donors (Lipinski definition) is 1. The summed E-state index contributed by atoms with van der Waals surface area (Å²) in [7, 11) is 1.61. The second-order valence-electron chi connectivity index (χ2n) is 7.97. The molecule has 10 heteroatoms. The lowest BCUT2D eigenvalue weighted by Gasteiger charge is -2.25. The number of methoxy groups -OCH3 is 1. The van der Waals surface area contributed by atoms with Crippen molar-refractivity contribution >= 4 is 17.4 Å². The van der Waals surface area contributed by atoms with Gasteiger partial charge in [-0.25, -0.2) is 0 Å². The van der Waals surface area contributed by atoms with Crippen LogP contribution < -0.4 is 14.8 Å². The first-order chi connectivity index (χ1) is 15.4. The molecule has 32 heavy (non-hydrogen) atoms. The number of aryl methyl sites for hydroxylation is 1. The van der Waals surface area contributed by atoms with Crippen molar-refractivity contribution in [2.75, 3.05) is 12.4 Å². The molecule has 164 valence electrons. The number of anilines is 1. The topological polar surface area (TPSA) is 108 Å². The van der Waals surface area contributed by atoms with Gasteiger partial charge in [0.25, 0.3) is 0 Å². The number of nitrogens with zero attached hydrogens (tertiary/aromatic N) is 6. The Bertz CT molecular complexity index is 1320. The summed E-state index contributed by atoms with van der Waals surface area (Å²) in [5.41, 5.74) is 3.36. The van der Waals surface area contributed by atoms with Gasteiger partial charge < -0.3 is 14.8 Å². The first-order valence-electron chi connectivity index (χ1n) is 10.4. The smallest absolute Gasteiger partial charge is 0.226 e. The summed E-state index contributed by atoms with van der Waals surface area (Å²) in [6.07, 6.45) is 1.86. The zero-order valence-electron chi connectivity index (χ0n) is 18.2. The quantitative estimate of drug-likeness (QED) is 0.515. The standard InChI is InChI=1S/C22H23N7O3/c1-12(2)32-16-6-5-14(9-17(16)31-4)15-10-20(30)24-22-21(15)13(3)26-29(22)19-8-7-18-25-23-11-28(18)27-19/h5-9,11-12,15H,10H2,1-4H3,(H,24,30)/t15-/m1/s1. The number of carbonyl (C=O) groups excluding carboxylic acids is 1. The summed E-state index contributed by atoms with van der Waals surface area (Å²) < 4.78 is 14.6. The molecule has 0 spiro atoms. The van der Waals surface area contributed by atoms with Gasteiger partial charge in [-0.15, -0.1) is 15.3 Å². The van der Waals surface area contributed by atoms with Crippen molar-refractivity contribution in [1.82, 2.24) is 29.6 Å². The molecule has 3 aromatic heterocycles. The first kappa shape index (κ1) is 20.0. The lowest BCUT2D eigenvalue weighted by atomic mass is 9.85. The summed E-state index contributed by atoms with van der Waals surface area (Å²) in [4.78, 5) is 12.7. The van der Waals surface area contributed by atoms with E-state index in [2.05, 4.69) is 20.6 Å². The molecule has 0 saturated carbocycles. The Morgan fingerprint density at radius 3 is 2.78 bits per heavy atom. The van der Waals surface area contributed by atoms with Crippen LogP contribution in [0.5, 0.6) is 11.5 Å². The van der Waals surface area contributed by atoms with Gasteiger partial charge in [0.15, 0.2) is 23.0 Å². The fourth-order valence-corrected chi connectivity index (χ4v) is 4.08. The number of amides is 1. The van der Waals surface area contributed by atoms with E-state index in [4.69, 9.17) is 14.6 Å². The number of hydrogen-bond acceptors (Lipinski definition) is 7. The zero-order valence-corrected chi connectivity index (χ0v) is 18.2. The number of benzene rings is 1. The van der Waals surface area contributed by atoms with Crippen LogP contribution in [0.25, 0.3) is 11.5 Å². The summed E-state index contributed by atoms with van der Waals surface area (Å²) in [6.45, 7) is 5.87. The average molecular weight is 433 g/mol. The molecular weight excluding hydrogens is 410 g/mol. The molecule has 0 saturated heterocycles. The molecule has 4 heterocycles. The number of aromatic nitrogens is 6. The maximum atomic E-state index is 12.7. The van der Waals surface area contributed by atoms with Gasteiger partial charge in [-0.1, -0.05) is 6.07 Å². The predicted molar refractivity (Wildman–Crippen MR) is 116 cm³/mol. The second kappa shape index (κ2) is 7.63. The van der Waals surface area contributed by atoms with Crippen molar-refractivity contribution in [1.29, 1.82) is 0 Å². The molecule has 1 amide bonds. The molecule has 1 atom stereocenters. The Kier molecular flexibility index (Phi) is 4.76. The van der Waals surface area contributed by atoms with Gasteiger partial charge in [-0.3, -0.25) is 4.79 Å². The highest BCUT2D eigenvalue weighted by molar-refractivity contribution is 5.95. The van der Waals surface area contributed by atoms with E-state index in [9.17, 15) is 4.79 Å². The molecule has 0 radical (unpaired) electrons. The summed E-state index contributed by atoms with van der Waals surface area (Å²) in [5.74, 6) is 2.22. The Morgan fingerprint density at radius 2 is 2.00 bits per heavy atom. The van der Waals surface area contributed by atoms with Gasteiger partial charge in [0.2, 0.25) is 5.91 Å². The third kappa shape index (κ3) is 3.33. The van der Waals surface area contributed by atoms with Crippen LogP contribution in [0.15, 0.2) is 36.7 Å². The minimum absolute atomic E-state index is 0.0258. The third-order valence-corrected chi connectivity index (χ3v) is 5.42. The second-order valence-corrected chi connectivity index (χ2v) is 7.97. The van der Waals surface area contributed by atoms with Crippen LogP contribution in [-0.4, -0.2) is 48.7 Å². The highest BCUT2D eigenvalue weighted by Crippen LogP contribution is 2.42. The van der Waals surface area contributed by atoms with Crippen molar-refractivity contribution in [3.8, 4) is 17.3 Å². The van der Waals surface area contributed by atoms with Gasteiger partial charge in [-0.2, -0.15) is 14.3 Å². The molecule has 0 bridgehead atoms. The molecule has 4 aromatic rings. The molecule has 10 nitrogen and oxygen atoms in total. The Morgan fingerprint density at radius 1 is 1.16 bits per heavy atom. The van der Waals surface area contributed by atoms with E-state index in [-0.39, 0.29) is 17.9 Å². The van der Waals surface area contributed by atoms with E-state index >= 15 is 0 Å². The molecule has 1 N–H and O–H groups in total. The molecule has 5 rings (SSSR count). The van der Waals surface area contributed by atoms with Crippen molar-refractivity contribution in [2.45, 2.75) is 39.2 Å². The Labute approximate surface area is 184 Å². The normalized spacial score (nSPS) is 15.7. The number of carbonyl (C=O) groups is 1. The van der Waals surface area contributed by atoms with E-state index in [0.717, 1.165) is 16.8 Å². The molecule has 0 aliphatic carbocycles. The largest absolute Gasteiger partial charge is 0.493 e. The van der Waals surface area contributed by atoms with Crippen molar-refractivity contribution in [3.63, 3.8) is 0 Å². The number of fused-ring (bicyclic) bond motifs is 2. The number of rotatable bonds is 5. The lowest BCUT2D eigenvalue weighted by molar-refractivity contribution is -0.116. The summed E-state index contributed by atoms with van der Waals surface area (Å²) in [6, 6.07) is 9.41. The van der Waals surface area contributed by atoms with Crippen LogP contribution in [0.3, 0.4) is 0 Å². The summed E-state index contributed by atoms with van der Waals surface area (Å²) in [5, 5.41) is 20.0. The molecular formula is C22H23N7O3. The van der Waals surface area contributed by atoms with E-state index < -0.39 is 0 Å². The molecule has 1 aromatic carbocycles. The molecule has 0 unspecified atom stereocenters. The maximum absolute atomic E-state index is 12.7. The van der Waals surface area contributed by atoms with Gasteiger partial charge in [-0.05, 0) is 50.6 Å². The molecule has 1 aliphatic rings. The van der Waals surface area contributed by atoms with E-state index in [1.807, 2.05) is 39.0 Å². The minimum Gasteiger partial charge on any atom is -0.493 e. The van der Waals surface area contributed by atoms with Crippen LogP contribution in [0.2, 0.25) is 0 Å². The van der Waals surface area contributed by atoms with E-state index in [1.165, 1.54) is 6.33 Å². The van der Waals surface area contributed by atoms with Gasteiger partial charge in [0, 0.05) is 17.9 Å². The number of nitrogens with one attached hydrogen (secondary N) is 1. The van der Waals surface area contributed by atoms with Crippen molar-refractivity contribution in [2.24, 2.45) is 0 Å². The highest BCUT2D eigenvalue weighted by Gasteiger charge is 2.33. The lowest BCUT2D eigenvalue weighted by Crippen LogP contribution is -2.25. The summed E-state index contributed by atoms with van der Waals surface area (Å²) >= 11 is 0. The fourth-order valence-electron chi connectivity index (χ4n) is 4.08. The highest BCUT2D eigenvalue weighted by atomic mass is 16.5. The zero-order chi connectivity index (χ0) is 22.4. The van der Waals surface area contributed by atoms with Crippen molar-refractivity contribution in [3.05, 3.63) is 53.5 Å². The van der Waals surface area contributed by atoms with Crippen LogP contribution in [0.1, 0.15) is 43.0 Å². The first-order valence-corrected chi connectivity index (χ1v) is 10.4. The Balaban J connectivity index is 1.60. The van der Waals surface area contributed by atoms with Crippen LogP contribution >= 0.6 is 0 Å². The number of ether oxygens (including phenoxy) is 2. The van der Waals surface area contributed by atoms with Gasteiger partial charge in [0.1, 0.15) is 12.1 Å². The van der Waals surface area contributed by atoms with Crippen LogP contribution in [0.4, 0.5) is 5.82 Å². The van der Waals surface area contributed by atoms with Gasteiger partial charge in [0.05, 0.1) is 18.9 Å². The SMILES string of the molecule is COc1cc([C@H]2CC(=O)Nc3c2c(C)nn3-c2ccc3nncn3n2)ccc1OC(C)C. The van der Waals surface area contributed by atoms with Crippen LogP contribution in [0, 0.1) is 6.92 Å². The third-order valence-electron chi connectivity index (χ3n) is 5.42. The van der Waals surface area contributed by atoms with Crippen molar-refractivity contribution < 1.29 is 14.3 Å². The maximum Gasteiger partial charge on any atom is 0.226 e. The molecule has 0 fully saturated rings. The predicted octanol–water partition coefficient (Wildman–Crippen LogP) is 2.89. The average Bonchev–Trinajstić information content (AvgIpc) is 3.37. The van der Waals surface area contributed by atoms with Gasteiger partial charge >= 0.3 is 0 Å². The Hall–Kier alpha value is -3.95. The van der Waals surface area contributed by atoms with E-state index in [1.54, 1.807) is 28.4 Å². The molecule has 1 aliphatic heterocycles. The fraction of sp³-hybridized carbons (Fsp3) is 0.318. The minimum atomic E-state index is -0.173. The van der Waals surface area contributed by atoms with Crippen LogP contribution in [-0.2, 0) is 4.79 Å². The monoisotopic (exact) mass is 433 g/mol.